The van der Waals surface area contributed by atoms with Gasteiger partial charge in [0.05, 0.1) is 17.8 Å². The highest BCUT2D eigenvalue weighted by Crippen LogP contribution is 2.38. The number of ether oxygens (including phenoxy) is 1. The second kappa shape index (κ2) is 11.9. The molecule has 9 nitrogen and oxygen atoms in total. The van der Waals surface area contributed by atoms with Gasteiger partial charge in [0.15, 0.2) is 12.5 Å². The van der Waals surface area contributed by atoms with E-state index in [4.69, 9.17) is 4.74 Å². The quantitative estimate of drug-likeness (QED) is 0.206. The summed E-state index contributed by atoms with van der Waals surface area (Å²) in [5.41, 5.74) is -0.408. The molecule has 0 aliphatic rings. The van der Waals surface area contributed by atoms with Crippen molar-refractivity contribution in [3.8, 4) is 22.4 Å². The Morgan fingerprint density at radius 1 is 1.00 bits per heavy atom. The molecule has 4 rings (SSSR count). The van der Waals surface area contributed by atoms with Crippen molar-refractivity contribution in [1.29, 1.82) is 0 Å². The van der Waals surface area contributed by atoms with Gasteiger partial charge in [-0.3, -0.25) is 19.4 Å². The van der Waals surface area contributed by atoms with Gasteiger partial charge in [0, 0.05) is 30.7 Å². The van der Waals surface area contributed by atoms with Gasteiger partial charge in [0.25, 0.3) is 10.0 Å². The Morgan fingerprint density at radius 2 is 1.70 bits per heavy atom. The maximum absolute atomic E-state index is 16.3. The molecule has 0 N–H and O–H groups in total. The fourth-order valence-electron chi connectivity index (χ4n) is 3.94. The zero-order valence-electron chi connectivity index (χ0n) is 21.9. The average Bonchev–Trinajstić information content (AvgIpc) is 3.34. The molecule has 40 heavy (non-hydrogen) atoms. The minimum absolute atomic E-state index is 0.0854. The van der Waals surface area contributed by atoms with Crippen LogP contribution < -0.4 is 4.31 Å². The highest BCUT2D eigenvalue weighted by Gasteiger charge is 2.33. The van der Waals surface area contributed by atoms with Crippen molar-refractivity contribution in [1.82, 2.24) is 19.7 Å². The molecule has 4 aromatic rings. The van der Waals surface area contributed by atoms with Gasteiger partial charge in [-0.15, -0.1) is 0 Å². The standard InChI is InChI=1S/C27H26F3N5O4S/c1-4-34-15-19(18-11-13-31-14-12-18)27(32-34)25-21(29)9-10-22(26(25)30)35(17-39-24(36)16-33(2)3)40(37,38)23-8-6-5-7-20(23)28/h5-15H,4,16-17H2,1-3H3. The number of esters is 1. The third kappa shape index (κ3) is 5.84. The molecule has 2 aromatic carbocycles. The minimum atomic E-state index is -4.83. The Bertz CT molecular complexity index is 1630. The maximum atomic E-state index is 16.3. The van der Waals surface area contributed by atoms with E-state index in [0.29, 0.717) is 22.0 Å². The topological polar surface area (TPSA) is 97.6 Å². The number of benzene rings is 2. The Balaban J connectivity index is 1.90. The van der Waals surface area contributed by atoms with E-state index in [-0.39, 0.29) is 12.2 Å². The van der Waals surface area contributed by atoms with E-state index in [1.807, 2.05) is 0 Å². The molecular formula is C27H26F3N5O4S. The molecule has 0 aliphatic heterocycles. The lowest BCUT2D eigenvalue weighted by atomic mass is 10.0. The van der Waals surface area contributed by atoms with Gasteiger partial charge < -0.3 is 4.74 Å². The number of aromatic nitrogens is 3. The van der Waals surface area contributed by atoms with E-state index in [1.165, 1.54) is 34.1 Å². The highest BCUT2D eigenvalue weighted by molar-refractivity contribution is 7.92. The SMILES string of the molecule is CCn1cc(-c2ccncc2)c(-c2c(F)ccc(N(COC(=O)CN(C)C)S(=O)(=O)c3ccccc3F)c2F)n1. The number of hydrogen-bond acceptors (Lipinski definition) is 7. The van der Waals surface area contributed by atoms with Crippen molar-refractivity contribution in [2.45, 2.75) is 18.4 Å². The first-order valence-electron chi connectivity index (χ1n) is 12.1. The molecule has 0 amide bonds. The first kappa shape index (κ1) is 28.8. The Labute approximate surface area is 229 Å². The lowest BCUT2D eigenvalue weighted by Crippen LogP contribution is -2.37. The predicted octanol–water partition coefficient (Wildman–Crippen LogP) is 4.31. The summed E-state index contributed by atoms with van der Waals surface area (Å²) >= 11 is 0. The fourth-order valence-corrected chi connectivity index (χ4v) is 5.33. The van der Waals surface area contributed by atoms with Crippen LogP contribution in [0.2, 0.25) is 0 Å². The van der Waals surface area contributed by atoms with Crippen LogP contribution in [0.3, 0.4) is 0 Å². The average molecular weight is 574 g/mol. The van der Waals surface area contributed by atoms with Crippen LogP contribution in [0, 0.1) is 17.5 Å². The molecule has 13 heteroatoms. The molecule has 0 unspecified atom stereocenters. The molecule has 210 valence electrons. The van der Waals surface area contributed by atoms with Crippen LogP contribution in [0.1, 0.15) is 6.92 Å². The smallest absolute Gasteiger partial charge is 0.321 e. The van der Waals surface area contributed by atoms with Gasteiger partial charge in [-0.2, -0.15) is 5.10 Å². The van der Waals surface area contributed by atoms with E-state index in [0.717, 1.165) is 24.3 Å². The van der Waals surface area contributed by atoms with Crippen LogP contribution in [0.25, 0.3) is 22.4 Å². The molecule has 0 bridgehead atoms. The second-order valence-electron chi connectivity index (χ2n) is 8.91. The van der Waals surface area contributed by atoms with E-state index in [1.54, 1.807) is 39.3 Å². The summed E-state index contributed by atoms with van der Waals surface area (Å²) in [5, 5.41) is 4.34. The van der Waals surface area contributed by atoms with E-state index in [2.05, 4.69) is 10.1 Å². The van der Waals surface area contributed by atoms with E-state index in [9.17, 15) is 17.6 Å². The van der Waals surface area contributed by atoms with Gasteiger partial charge >= 0.3 is 5.97 Å². The Hall–Kier alpha value is -4.23. The molecule has 0 saturated carbocycles. The summed E-state index contributed by atoms with van der Waals surface area (Å²) in [7, 11) is -1.65. The molecule has 2 heterocycles. The van der Waals surface area contributed by atoms with Crippen molar-refractivity contribution >= 4 is 21.7 Å². The van der Waals surface area contributed by atoms with Gasteiger partial charge in [-0.25, -0.2) is 25.9 Å². The number of halogens is 3. The summed E-state index contributed by atoms with van der Waals surface area (Å²) < 4.78 is 80.5. The predicted molar refractivity (Wildman–Crippen MR) is 142 cm³/mol. The summed E-state index contributed by atoms with van der Waals surface area (Å²) in [6.07, 6.45) is 4.62. The van der Waals surface area contributed by atoms with Gasteiger partial charge in [0.2, 0.25) is 0 Å². The van der Waals surface area contributed by atoms with Crippen molar-refractivity contribution < 1.29 is 31.1 Å². The Kier molecular flexibility index (Phi) is 8.55. The van der Waals surface area contributed by atoms with Crippen LogP contribution in [-0.4, -0.2) is 61.4 Å². The lowest BCUT2D eigenvalue weighted by molar-refractivity contribution is -0.143. The van der Waals surface area contributed by atoms with Crippen molar-refractivity contribution in [3.63, 3.8) is 0 Å². The summed E-state index contributed by atoms with van der Waals surface area (Å²) in [6.45, 7) is 0.984. The van der Waals surface area contributed by atoms with Crippen LogP contribution >= 0.6 is 0 Å². The first-order valence-corrected chi connectivity index (χ1v) is 13.5. The van der Waals surface area contributed by atoms with Crippen LogP contribution in [0.4, 0.5) is 18.9 Å². The molecular weight excluding hydrogens is 547 g/mol. The molecule has 0 atom stereocenters. The van der Waals surface area contributed by atoms with E-state index >= 15 is 8.78 Å². The number of aryl methyl sites for hydroxylation is 1. The van der Waals surface area contributed by atoms with Crippen molar-refractivity contribution in [3.05, 3.63) is 84.6 Å². The van der Waals surface area contributed by atoms with Gasteiger partial charge in [-0.05, 0) is 63.0 Å². The number of likely N-dealkylation sites (N-methyl/N-ethyl adjacent to an activating group) is 1. The third-order valence-electron chi connectivity index (χ3n) is 5.85. The minimum Gasteiger partial charge on any atom is -0.442 e. The molecule has 0 spiro atoms. The summed E-state index contributed by atoms with van der Waals surface area (Å²) in [5.74, 6) is -4.22. The molecule has 0 saturated heterocycles. The second-order valence-corrected chi connectivity index (χ2v) is 10.7. The number of rotatable bonds is 10. The monoisotopic (exact) mass is 573 g/mol. The summed E-state index contributed by atoms with van der Waals surface area (Å²) in [4.78, 5) is 16.9. The Morgan fingerprint density at radius 3 is 2.35 bits per heavy atom. The number of carbonyl (C=O) groups is 1. The normalized spacial score (nSPS) is 11.6. The zero-order chi connectivity index (χ0) is 29.0. The molecule has 0 fully saturated rings. The number of carbonyl (C=O) groups excluding carboxylic acids is 1. The lowest BCUT2D eigenvalue weighted by Gasteiger charge is -2.25. The number of sulfonamides is 1. The van der Waals surface area contributed by atoms with Crippen LogP contribution in [0.5, 0.6) is 0 Å². The van der Waals surface area contributed by atoms with Crippen molar-refractivity contribution in [2.24, 2.45) is 0 Å². The highest BCUT2D eigenvalue weighted by atomic mass is 32.2. The van der Waals surface area contributed by atoms with Gasteiger partial charge in [0.1, 0.15) is 22.2 Å². The third-order valence-corrected chi connectivity index (χ3v) is 7.62. The zero-order valence-corrected chi connectivity index (χ0v) is 22.7. The molecule has 2 aromatic heterocycles. The maximum Gasteiger partial charge on any atom is 0.321 e. The fraction of sp³-hybridized carbons (Fsp3) is 0.222. The first-order chi connectivity index (χ1) is 19.0. The summed E-state index contributed by atoms with van der Waals surface area (Å²) in [6, 6.07) is 9.53. The number of anilines is 1. The van der Waals surface area contributed by atoms with Gasteiger partial charge in [-0.1, -0.05) is 12.1 Å². The number of hydrogen-bond donors (Lipinski definition) is 0. The van der Waals surface area contributed by atoms with E-state index < -0.39 is 56.3 Å². The largest absolute Gasteiger partial charge is 0.442 e. The molecule has 0 aliphatic carbocycles. The van der Waals surface area contributed by atoms with Crippen molar-refractivity contribution in [2.75, 3.05) is 31.7 Å². The van der Waals surface area contributed by atoms with Crippen LogP contribution in [0.15, 0.2) is 72.0 Å². The number of nitrogens with zero attached hydrogens (tertiary/aromatic N) is 5. The van der Waals surface area contributed by atoms with Crippen LogP contribution in [-0.2, 0) is 26.1 Å². The number of pyridine rings is 1. The molecule has 0 radical (unpaired) electrons.